The largest absolute Gasteiger partial charge is 0.490 e. The lowest BCUT2D eigenvalue weighted by molar-refractivity contribution is -0.130. The van der Waals surface area contributed by atoms with Gasteiger partial charge in [0.25, 0.3) is 5.91 Å². The molecule has 0 bridgehead atoms. The molecule has 2 heterocycles. The molecule has 0 spiro atoms. The van der Waals surface area contributed by atoms with Gasteiger partial charge in [0.15, 0.2) is 0 Å². The zero-order valence-electron chi connectivity index (χ0n) is 19.6. The summed E-state index contributed by atoms with van der Waals surface area (Å²) in [6.45, 7) is 0.117. The minimum atomic E-state index is -0.407. The van der Waals surface area contributed by atoms with E-state index >= 15 is 0 Å². The van der Waals surface area contributed by atoms with Gasteiger partial charge >= 0.3 is 0 Å². The molecular formula is C25H28FN3O6. The van der Waals surface area contributed by atoms with Crippen LogP contribution in [0, 0.1) is 5.82 Å². The lowest BCUT2D eigenvalue weighted by Crippen LogP contribution is -2.53. The summed E-state index contributed by atoms with van der Waals surface area (Å²) in [5, 5.41) is 5.44. The maximum atomic E-state index is 13.3. The van der Waals surface area contributed by atoms with Crippen molar-refractivity contribution in [3.05, 3.63) is 53.8 Å². The van der Waals surface area contributed by atoms with Crippen LogP contribution in [0.4, 0.5) is 15.8 Å². The predicted octanol–water partition coefficient (Wildman–Crippen LogP) is 2.82. The lowest BCUT2D eigenvalue weighted by atomic mass is 9.94. The maximum absolute atomic E-state index is 13.3. The lowest BCUT2D eigenvalue weighted by Gasteiger charge is -2.42. The average molecular weight is 486 g/mol. The molecule has 3 amide bonds. The second-order valence-corrected chi connectivity index (χ2v) is 8.62. The average Bonchev–Trinajstić information content (AvgIpc) is 2.83. The molecule has 10 heteroatoms. The molecule has 186 valence electrons. The summed E-state index contributed by atoms with van der Waals surface area (Å²) in [6.07, 6.45) is 0.635. The second-order valence-electron chi connectivity index (χ2n) is 8.62. The van der Waals surface area contributed by atoms with Crippen LogP contribution >= 0.6 is 0 Å². The summed E-state index contributed by atoms with van der Waals surface area (Å²) >= 11 is 0. The van der Waals surface area contributed by atoms with Crippen molar-refractivity contribution in [3.63, 3.8) is 0 Å². The van der Waals surface area contributed by atoms with Gasteiger partial charge in [-0.1, -0.05) is 0 Å². The molecule has 4 rings (SSSR count). The van der Waals surface area contributed by atoms with Crippen LogP contribution in [0.15, 0.2) is 42.5 Å². The minimum absolute atomic E-state index is 0.0917. The summed E-state index contributed by atoms with van der Waals surface area (Å²) in [6, 6.07) is 10.2. The fourth-order valence-electron chi connectivity index (χ4n) is 4.39. The molecule has 1 saturated heterocycles. The van der Waals surface area contributed by atoms with Crippen LogP contribution in [0.2, 0.25) is 0 Å². The Morgan fingerprint density at radius 1 is 1.09 bits per heavy atom. The quantitative estimate of drug-likeness (QED) is 0.652. The molecule has 2 N–H and O–H groups in total. The number of anilines is 2. The molecule has 0 aliphatic carbocycles. The van der Waals surface area contributed by atoms with Crippen molar-refractivity contribution in [3.8, 4) is 5.75 Å². The normalized spacial score (nSPS) is 21.6. The van der Waals surface area contributed by atoms with Gasteiger partial charge in [0.1, 0.15) is 30.9 Å². The number of hydrogen-bond donors (Lipinski definition) is 2. The molecule has 2 aliphatic heterocycles. The number of amides is 3. The van der Waals surface area contributed by atoms with Crippen molar-refractivity contribution in [1.82, 2.24) is 4.90 Å². The van der Waals surface area contributed by atoms with E-state index < -0.39 is 6.10 Å². The van der Waals surface area contributed by atoms with Crippen LogP contribution in [0.25, 0.3) is 0 Å². The maximum Gasteiger partial charge on any atom is 0.257 e. The third kappa shape index (κ3) is 5.95. The number of carbonyl (C=O) groups is 3. The van der Waals surface area contributed by atoms with Gasteiger partial charge in [-0.2, -0.15) is 0 Å². The molecule has 2 aliphatic rings. The van der Waals surface area contributed by atoms with Gasteiger partial charge < -0.3 is 29.7 Å². The van der Waals surface area contributed by atoms with Crippen LogP contribution < -0.4 is 15.4 Å². The van der Waals surface area contributed by atoms with Crippen LogP contribution in [0.3, 0.4) is 0 Å². The number of likely N-dealkylation sites (N-methyl/N-ethyl adjacent to an activating group) is 1. The van der Waals surface area contributed by atoms with E-state index in [9.17, 15) is 18.8 Å². The molecule has 2 aromatic carbocycles. The Morgan fingerprint density at radius 3 is 2.54 bits per heavy atom. The number of ether oxygens (including phenoxy) is 3. The number of nitrogens with zero attached hydrogens (tertiary/aromatic N) is 1. The zero-order chi connectivity index (χ0) is 24.9. The number of nitrogens with one attached hydrogen (secondary N) is 2. The Hall–Kier alpha value is -3.50. The monoisotopic (exact) mass is 485 g/mol. The van der Waals surface area contributed by atoms with E-state index in [4.69, 9.17) is 14.2 Å². The zero-order valence-corrected chi connectivity index (χ0v) is 19.6. The summed E-state index contributed by atoms with van der Waals surface area (Å²) in [5.41, 5.74) is 1.33. The van der Waals surface area contributed by atoms with Crippen LogP contribution in [-0.2, 0) is 19.1 Å². The molecule has 3 atom stereocenters. The fraction of sp³-hybridized carbons (Fsp3) is 0.400. The minimum Gasteiger partial charge on any atom is -0.490 e. The number of fused-ring (bicyclic) bond motifs is 2. The highest BCUT2D eigenvalue weighted by Gasteiger charge is 2.39. The van der Waals surface area contributed by atoms with E-state index in [-0.39, 0.29) is 55.3 Å². The van der Waals surface area contributed by atoms with Gasteiger partial charge in [0, 0.05) is 25.5 Å². The third-order valence-electron chi connectivity index (χ3n) is 6.11. The Balaban J connectivity index is 1.41. The van der Waals surface area contributed by atoms with Gasteiger partial charge in [-0.05, 0) is 55.3 Å². The predicted molar refractivity (Wildman–Crippen MR) is 126 cm³/mol. The van der Waals surface area contributed by atoms with Crippen molar-refractivity contribution >= 4 is 29.1 Å². The van der Waals surface area contributed by atoms with E-state index in [2.05, 4.69) is 10.6 Å². The molecule has 35 heavy (non-hydrogen) atoms. The van der Waals surface area contributed by atoms with Crippen LogP contribution in [0.5, 0.6) is 5.75 Å². The first kappa shape index (κ1) is 24.6. The van der Waals surface area contributed by atoms with Crippen molar-refractivity contribution in [2.45, 2.75) is 37.5 Å². The number of halogens is 1. The molecule has 0 aromatic heterocycles. The summed E-state index contributed by atoms with van der Waals surface area (Å²) in [5.74, 6) is -0.778. The molecular weight excluding hydrogens is 457 g/mol. The first-order valence-electron chi connectivity index (χ1n) is 11.4. The van der Waals surface area contributed by atoms with E-state index in [0.29, 0.717) is 35.5 Å². The highest BCUT2D eigenvalue weighted by atomic mass is 19.1. The van der Waals surface area contributed by atoms with Gasteiger partial charge in [0.2, 0.25) is 11.8 Å². The van der Waals surface area contributed by atoms with Gasteiger partial charge in [-0.15, -0.1) is 0 Å². The van der Waals surface area contributed by atoms with Gasteiger partial charge in [0.05, 0.1) is 24.1 Å². The van der Waals surface area contributed by atoms with E-state index in [1.165, 1.54) is 31.4 Å². The molecule has 0 saturated carbocycles. The molecule has 0 radical (unpaired) electrons. The van der Waals surface area contributed by atoms with Crippen LogP contribution in [-0.4, -0.2) is 68.2 Å². The van der Waals surface area contributed by atoms with E-state index in [0.717, 1.165) is 0 Å². The Labute approximate surface area is 202 Å². The standard InChI is InChI=1S/C25H28FN3O6/c1-29-20-9-8-18(12-23(30)27-16-5-3-15(26)4-6-16)35-22(20)13-34-21-10-7-17(11-19(21)25(29)32)28-24(31)14-33-2/h3-7,10-11,18,20,22H,8-9,12-14H2,1-2H3,(H,27,30)(H,28,31)/t18-,20+,22-/m1/s1. The highest BCUT2D eigenvalue weighted by molar-refractivity contribution is 6.00. The molecule has 0 unspecified atom stereocenters. The molecule has 9 nitrogen and oxygen atoms in total. The Morgan fingerprint density at radius 2 is 1.80 bits per heavy atom. The number of benzene rings is 2. The fourth-order valence-corrected chi connectivity index (χ4v) is 4.39. The van der Waals surface area contributed by atoms with Crippen LogP contribution in [0.1, 0.15) is 29.6 Å². The summed E-state index contributed by atoms with van der Waals surface area (Å²) in [4.78, 5) is 39.2. The number of hydrogen-bond acceptors (Lipinski definition) is 6. The van der Waals surface area contributed by atoms with Gasteiger partial charge in [-0.25, -0.2) is 4.39 Å². The van der Waals surface area contributed by atoms with Crippen molar-refractivity contribution in [1.29, 1.82) is 0 Å². The summed E-state index contributed by atoms with van der Waals surface area (Å²) < 4.78 is 30.0. The van der Waals surface area contributed by atoms with Gasteiger partial charge in [-0.3, -0.25) is 14.4 Å². The summed E-state index contributed by atoms with van der Waals surface area (Å²) in [7, 11) is 3.15. The first-order chi connectivity index (χ1) is 16.8. The number of methoxy groups -OCH3 is 1. The van der Waals surface area contributed by atoms with E-state index in [1.54, 1.807) is 30.1 Å². The van der Waals surface area contributed by atoms with Crippen molar-refractivity contribution in [2.24, 2.45) is 0 Å². The second kappa shape index (κ2) is 10.8. The topological polar surface area (TPSA) is 106 Å². The molecule has 2 aromatic rings. The van der Waals surface area contributed by atoms with Crippen molar-refractivity contribution < 1.29 is 33.0 Å². The van der Waals surface area contributed by atoms with E-state index in [1.807, 2.05) is 0 Å². The first-order valence-corrected chi connectivity index (χ1v) is 11.4. The SMILES string of the molecule is COCC(=O)Nc1ccc2c(c1)C(=O)N(C)[C@H]1CC[C@H](CC(=O)Nc3ccc(F)cc3)O[C@@H]1CO2. The molecule has 1 fully saturated rings. The van der Waals surface area contributed by atoms with Crippen molar-refractivity contribution in [2.75, 3.05) is 38.0 Å². The third-order valence-corrected chi connectivity index (χ3v) is 6.11. The smallest absolute Gasteiger partial charge is 0.257 e. The number of carbonyl (C=O) groups excluding carboxylic acids is 3. The highest BCUT2D eigenvalue weighted by Crippen LogP contribution is 2.32. The number of rotatable bonds is 6. The Bertz CT molecular complexity index is 1090. The Kier molecular flexibility index (Phi) is 7.62.